The molecule has 0 aliphatic carbocycles. The number of rotatable bonds is 8. The Balaban J connectivity index is 1.74. The van der Waals surface area contributed by atoms with Gasteiger partial charge in [0.15, 0.2) is 12.1 Å². The molecule has 1 fully saturated rings. The summed E-state index contributed by atoms with van der Waals surface area (Å²) in [6.07, 6.45) is 1.29. The second kappa shape index (κ2) is 10.0. The molecule has 0 amide bonds. The topological polar surface area (TPSA) is 106 Å². The number of hydrogen-bond donors (Lipinski definition) is 1. The molecule has 0 atom stereocenters. The minimum atomic E-state index is -0.444. The molecular weight excluding hydrogens is 398 g/mol. The third kappa shape index (κ3) is 5.55. The number of anilines is 1. The summed E-state index contributed by atoms with van der Waals surface area (Å²) in [5.41, 5.74) is 1.19. The Morgan fingerprint density at radius 1 is 1.24 bits per heavy atom. The molecule has 0 unspecified atom stereocenters. The van der Waals surface area contributed by atoms with E-state index in [9.17, 15) is 9.70 Å². The van der Waals surface area contributed by atoms with Crippen LogP contribution in [0.2, 0.25) is 0 Å². The first-order valence-electron chi connectivity index (χ1n) is 8.92. The van der Waals surface area contributed by atoms with Crippen molar-refractivity contribution in [3.8, 4) is 11.8 Å². The van der Waals surface area contributed by atoms with E-state index in [2.05, 4.69) is 29.8 Å². The fourth-order valence-corrected chi connectivity index (χ4v) is 3.45. The van der Waals surface area contributed by atoms with E-state index in [-0.39, 0.29) is 27.4 Å². The molecule has 1 aliphatic rings. The van der Waals surface area contributed by atoms with E-state index in [1.807, 2.05) is 24.3 Å². The molecule has 10 nitrogen and oxygen atoms in total. The summed E-state index contributed by atoms with van der Waals surface area (Å²) in [6.45, 7) is 3.83. The van der Waals surface area contributed by atoms with E-state index >= 15 is 0 Å². The van der Waals surface area contributed by atoms with Crippen LogP contribution in [0.5, 0.6) is 11.8 Å². The van der Waals surface area contributed by atoms with Crippen molar-refractivity contribution in [2.24, 2.45) is 0 Å². The van der Waals surface area contributed by atoms with Gasteiger partial charge in [-0.05, 0) is 24.3 Å². The first-order valence-corrected chi connectivity index (χ1v) is 9.91. The Hall–Kier alpha value is -2.92. The molecule has 154 valence electrons. The average Bonchev–Trinajstić information content (AvgIpc) is 2.78. The van der Waals surface area contributed by atoms with Gasteiger partial charge in [-0.2, -0.15) is 9.97 Å². The van der Waals surface area contributed by atoms with Gasteiger partial charge in [0.25, 0.3) is 4.92 Å². The maximum atomic E-state index is 11.8. The fraction of sp³-hybridized carbons (Fsp3) is 0.389. The molecule has 1 aliphatic heterocycles. The van der Waals surface area contributed by atoms with Crippen LogP contribution in [0.25, 0.3) is 0 Å². The van der Waals surface area contributed by atoms with E-state index in [4.69, 9.17) is 4.74 Å². The molecule has 1 N–H and O–H groups in total. The zero-order valence-corrected chi connectivity index (χ0v) is 17.0. The number of piperazine rings is 1. The second-order valence-corrected chi connectivity index (χ2v) is 6.94. The SMILES string of the molecule is COC(=O)CSc1nc(Oc2ccc(N3CCNCC3)cc2)ncc1[N+](=O)OC. The van der Waals surface area contributed by atoms with Crippen LogP contribution in [0.3, 0.4) is 0 Å². The van der Waals surface area contributed by atoms with Crippen LogP contribution in [0.4, 0.5) is 11.4 Å². The van der Waals surface area contributed by atoms with Gasteiger partial charge in [0.2, 0.25) is 0 Å². The van der Waals surface area contributed by atoms with Gasteiger partial charge in [0.05, 0.1) is 17.8 Å². The molecule has 1 aromatic carbocycles. The maximum absolute atomic E-state index is 11.8. The summed E-state index contributed by atoms with van der Waals surface area (Å²) in [5.74, 6) is 0.100. The summed E-state index contributed by atoms with van der Waals surface area (Å²) in [4.78, 5) is 38.8. The Morgan fingerprint density at radius 2 is 1.97 bits per heavy atom. The molecule has 2 aromatic rings. The quantitative estimate of drug-likeness (QED) is 0.295. The Morgan fingerprint density at radius 3 is 2.62 bits per heavy atom. The monoisotopic (exact) mass is 420 g/mol. The van der Waals surface area contributed by atoms with Crippen molar-refractivity contribution >= 4 is 29.1 Å². The minimum absolute atomic E-state index is 0.0170. The third-order valence-corrected chi connectivity index (χ3v) is 5.11. The van der Waals surface area contributed by atoms with Crippen molar-refractivity contribution in [2.45, 2.75) is 5.03 Å². The van der Waals surface area contributed by atoms with Crippen LogP contribution in [0.1, 0.15) is 0 Å². The Labute approximate surface area is 172 Å². The number of benzene rings is 1. The van der Waals surface area contributed by atoms with E-state index in [1.54, 1.807) is 0 Å². The van der Waals surface area contributed by atoms with E-state index < -0.39 is 5.97 Å². The van der Waals surface area contributed by atoms with E-state index in [0.29, 0.717) is 5.75 Å². The van der Waals surface area contributed by atoms with Crippen LogP contribution in [-0.2, 0) is 14.4 Å². The normalized spacial score (nSPS) is 13.7. The lowest BCUT2D eigenvalue weighted by molar-refractivity contribution is -0.738. The van der Waals surface area contributed by atoms with Crippen molar-refractivity contribution in [3.05, 3.63) is 35.4 Å². The molecule has 2 heterocycles. The zero-order valence-electron chi connectivity index (χ0n) is 16.2. The number of hydrogen-bond acceptors (Lipinski definition) is 10. The van der Waals surface area contributed by atoms with Crippen LogP contribution >= 0.6 is 11.8 Å². The standard InChI is InChI=1S/C18H22N5O5S/c1-26-16(24)12-29-17-15(23(25)27-2)11-20-18(21-17)28-14-5-3-13(4-6-14)22-9-7-19-8-10-22/h3-6,11,19H,7-10,12H2,1-2H3/q+1. The highest BCUT2D eigenvalue weighted by molar-refractivity contribution is 8.00. The fourth-order valence-electron chi connectivity index (χ4n) is 2.66. The molecule has 0 radical (unpaired) electrons. The highest BCUT2D eigenvalue weighted by atomic mass is 32.2. The maximum Gasteiger partial charge on any atom is 0.366 e. The number of methoxy groups -OCH3 is 1. The molecule has 1 aromatic heterocycles. The molecule has 3 rings (SSSR count). The highest BCUT2D eigenvalue weighted by Gasteiger charge is 2.25. The lowest BCUT2D eigenvalue weighted by Gasteiger charge is -2.29. The zero-order chi connectivity index (χ0) is 20.6. The largest absolute Gasteiger partial charge is 0.468 e. The summed E-state index contributed by atoms with van der Waals surface area (Å²) in [7, 11) is 2.52. The van der Waals surface area contributed by atoms with E-state index in [1.165, 1.54) is 20.4 Å². The number of nitrogens with zero attached hydrogens (tertiary/aromatic N) is 4. The molecule has 1 saturated heterocycles. The van der Waals surface area contributed by atoms with Crippen molar-refractivity contribution < 1.29 is 24.0 Å². The number of esters is 1. The van der Waals surface area contributed by atoms with Crippen LogP contribution in [-0.4, -0.2) is 67.0 Å². The number of thioether (sulfide) groups is 1. The molecule has 29 heavy (non-hydrogen) atoms. The Kier molecular flexibility index (Phi) is 7.19. The van der Waals surface area contributed by atoms with Gasteiger partial charge in [-0.3, -0.25) is 4.79 Å². The van der Waals surface area contributed by atoms with Gasteiger partial charge < -0.3 is 19.7 Å². The smallest absolute Gasteiger partial charge is 0.366 e. The molecule has 11 heteroatoms. The van der Waals surface area contributed by atoms with E-state index in [0.717, 1.165) is 43.6 Å². The molecule has 0 spiro atoms. The van der Waals surface area contributed by atoms with Gasteiger partial charge in [-0.25, -0.2) is 4.84 Å². The number of carbonyl (C=O) groups excluding carboxylic acids is 1. The predicted octanol–water partition coefficient (Wildman–Crippen LogP) is 1.92. The first kappa shape index (κ1) is 20.8. The Bertz CT molecular complexity index is 858. The van der Waals surface area contributed by atoms with Crippen LogP contribution in [0.15, 0.2) is 35.5 Å². The number of ether oxygens (including phenoxy) is 2. The van der Waals surface area contributed by atoms with Gasteiger partial charge in [0.1, 0.15) is 11.9 Å². The molecular formula is C18H22N5O5S+. The number of nitrogens with one attached hydrogen (secondary N) is 1. The molecule has 0 saturated carbocycles. The van der Waals surface area contributed by atoms with Gasteiger partial charge in [-0.15, -0.1) is 0 Å². The van der Waals surface area contributed by atoms with Crippen molar-refractivity contribution in [2.75, 3.05) is 51.1 Å². The second-order valence-electron chi connectivity index (χ2n) is 5.98. The van der Waals surface area contributed by atoms with Gasteiger partial charge in [0, 0.05) is 31.9 Å². The summed E-state index contributed by atoms with van der Waals surface area (Å²) in [6, 6.07) is 7.69. The van der Waals surface area contributed by atoms with Gasteiger partial charge in [-0.1, -0.05) is 11.8 Å². The lowest BCUT2D eigenvalue weighted by Crippen LogP contribution is -2.43. The van der Waals surface area contributed by atoms with Gasteiger partial charge >= 0.3 is 17.7 Å². The summed E-state index contributed by atoms with van der Waals surface area (Å²) < 4.78 is 10.3. The first-order chi connectivity index (χ1) is 14.1. The number of aromatic nitrogens is 2. The summed E-state index contributed by atoms with van der Waals surface area (Å²) in [5, 5.41) is 3.57. The van der Waals surface area contributed by atoms with Crippen molar-refractivity contribution in [1.29, 1.82) is 0 Å². The number of carbonyl (C=O) groups is 1. The average molecular weight is 420 g/mol. The van der Waals surface area contributed by atoms with Crippen molar-refractivity contribution in [3.63, 3.8) is 0 Å². The van der Waals surface area contributed by atoms with Crippen LogP contribution < -0.4 is 15.0 Å². The third-order valence-electron chi connectivity index (χ3n) is 4.16. The summed E-state index contributed by atoms with van der Waals surface area (Å²) >= 11 is 1.03. The molecule has 0 bridgehead atoms. The van der Waals surface area contributed by atoms with Crippen molar-refractivity contribution in [1.82, 2.24) is 15.3 Å². The lowest BCUT2D eigenvalue weighted by atomic mass is 10.2. The minimum Gasteiger partial charge on any atom is -0.468 e. The highest BCUT2D eigenvalue weighted by Crippen LogP contribution is 2.30. The van der Waals surface area contributed by atoms with Crippen LogP contribution in [0, 0.1) is 4.91 Å². The predicted molar refractivity (Wildman–Crippen MR) is 107 cm³/mol.